The van der Waals surface area contributed by atoms with Crippen molar-refractivity contribution in [2.75, 3.05) is 5.73 Å². The van der Waals surface area contributed by atoms with Gasteiger partial charge >= 0.3 is 0 Å². The molecule has 0 aliphatic heterocycles. The number of hydrogen-bond donors (Lipinski definition) is 1. The van der Waals surface area contributed by atoms with Crippen LogP contribution in [-0.2, 0) is 11.3 Å². The first-order valence-electron chi connectivity index (χ1n) is 8.54. The van der Waals surface area contributed by atoms with Crippen LogP contribution in [0.4, 0.5) is 5.69 Å². The van der Waals surface area contributed by atoms with Crippen LogP contribution in [0.15, 0.2) is 78.9 Å². The van der Waals surface area contributed by atoms with E-state index >= 15 is 0 Å². The summed E-state index contributed by atoms with van der Waals surface area (Å²) in [5.41, 5.74) is 7.52. The molecule has 5 nitrogen and oxygen atoms in total. The predicted molar refractivity (Wildman–Crippen MR) is 104 cm³/mol. The van der Waals surface area contributed by atoms with Gasteiger partial charge in [-0.05, 0) is 35.9 Å². The minimum Gasteiger partial charge on any atom is -0.457 e. The zero-order chi connectivity index (χ0) is 19.2. The summed E-state index contributed by atoms with van der Waals surface area (Å²) in [5, 5.41) is 0. The zero-order valence-electron chi connectivity index (χ0n) is 15.0. The number of ether oxygens (including phenoxy) is 1. The molecule has 0 spiro atoms. The van der Waals surface area contributed by atoms with Crippen molar-refractivity contribution in [3.8, 4) is 11.5 Å². The van der Waals surface area contributed by atoms with Gasteiger partial charge in [0.15, 0.2) is 0 Å². The van der Waals surface area contributed by atoms with Crippen molar-refractivity contribution in [3.63, 3.8) is 0 Å². The lowest BCUT2D eigenvalue weighted by molar-refractivity contribution is -0.126. The second kappa shape index (κ2) is 8.19. The van der Waals surface area contributed by atoms with Crippen LogP contribution < -0.4 is 10.5 Å². The number of amides is 2. The largest absolute Gasteiger partial charge is 0.457 e. The molecule has 0 atom stereocenters. The van der Waals surface area contributed by atoms with Gasteiger partial charge < -0.3 is 10.5 Å². The van der Waals surface area contributed by atoms with Crippen LogP contribution >= 0.6 is 0 Å². The monoisotopic (exact) mass is 360 g/mol. The van der Waals surface area contributed by atoms with Gasteiger partial charge in [-0.2, -0.15) is 0 Å². The van der Waals surface area contributed by atoms with Gasteiger partial charge in [-0.3, -0.25) is 14.5 Å². The van der Waals surface area contributed by atoms with Gasteiger partial charge in [0.2, 0.25) is 5.91 Å². The highest BCUT2D eigenvalue weighted by Gasteiger charge is 2.24. The number of anilines is 1. The van der Waals surface area contributed by atoms with Crippen molar-refractivity contribution in [2.45, 2.75) is 13.5 Å². The summed E-state index contributed by atoms with van der Waals surface area (Å²) in [7, 11) is 0. The smallest absolute Gasteiger partial charge is 0.264 e. The summed E-state index contributed by atoms with van der Waals surface area (Å²) in [6.45, 7) is 1.46. The molecule has 2 amide bonds. The third kappa shape index (κ3) is 4.33. The number of nitrogens with zero attached hydrogens (tertiary/aromatic N) is 1. The summed E-state index contributed by atoms with van der Waals surface area (Å²) in [5.74, 6) is 0.204. The van der Waals surface area contributed by atoms with Gasteiger partial charge in [-0.1, -0.05) is 48.5 Å². The minimum atomic E-state index is -0.433. The minimum absolute atomic E-state index is 0.0977. The number of nitrogen functional groups attached to an aromatic ring is 1. The molecule has 5 heteroatoms. The average Bonchev–Trinajstić information content (AvgIpc) is 2.68. The lowest BCUT2D eigenvalue weighted by Crippen LogP contribution is -2.35. The Hall–Kier alpha value is -3.60. The number of carbonyl (C=O) groups excluding carboxylic acids is 2. The van der Waals surface area contributed by atoms with Crippen molar-refractivity contribution in [1.82, 2.24) is 4.90 Å². The second-order valence-corrected chi connectivity index (χ2v) is 6.02. The Balaban J connectivity index is 1.91. The van der Waals surface area contributed by atoms with Crippen LogP contribution in [0, 0.1) is 0 Å². The first kappa shape index (κ1) is 18.2. The van der Waals surface area contributed by atoms with Gasteiger partial charge in [0, 0.05) is 12.6 Å². The van der Waals surface area contributed by atoms with Crippen molar-refractivity contribution in [3.05, 3.63) is 90.0 Å². The molecule has 0 saturated carbocycles. The van der Waals surface area contributed by atoms with E-state index in [2.05, 4.69) is 0 Å². The maximum Gasteiger partial charge on any atom is 0.264 e. The molecule has 0 fully saturated rings. The first-order valence-corrected chi connectivity index (χ1v) is 8.54. The lowest BCUT2D eigenvalue weighted by atomic mass is 10.1. The molecule has 3 aromatic carbocycles. The summed E-state index contributed by atoms with van der Waals surface area (Å²) in [6, 6.07) is 23.2. The maximum atomic E-state index is 13.1. The number of rotatable bonds is 5. The standard InChI is InChI=1S/C22H20N2O3/c1-16(25)24(15-17-9-5-7-13-20(17)23)22(26)19-12-6-8-14-21(19)27-18-10-3-2-4-11-18/h2-14H,15,23H2,1H3. The molecular formula is C22H20N2O3. The topological polar surface area (TPSA) is 72.6 Å². The van der Waals surface area contributed by atoms with E-state index in [9.17, 15) is 9.59 Å². The van der Waals surface area contributed by atoms with Crippen LogP contribution in [0.3, 0.4) is 0 Å². The van der Waals surface area contributed by atoms with Crippen molar-refractivity contribution < 1.29 is 14.3 Å². The molecular weight excluding hydrogens is 340 g/mol. The van der Waals surface area contributed by atoms with Gasteiger partial charge in [0.05, 0.1) is 12.1 Å². The molecule has 0 bridgehead atoms. The Labute approximate surface area is 158 Å². The van der Waals surface area contributed by atoms with Gasteiger partial charge in [0.25, 0.3) is 5.91 Å². The average molecular weight is 360 g/mol. The fourth-order valence-corrected chi connectivity index (χ4v) is 2.67. The van der Waals surface area contributed by atoms with Crippen molar-refractivity contribution in [2.24, 2.45) is 0 Å². The third-order valence-corrected chi connectivity index (χ3v) is 4.10. The van der Waals surface area contributed by atoms with E-state index in [0.717, 1.165) is 0 Å². The van der Waals surface area contributed by atoms with Crippen LogP contribution in [0.25, 0.3) is 0 Å². The SMILES string of the molecule is CC(=O)N(Cc1ccccc1N)C(=O)c1ccccc1Oc1ccccc1. The number of nitrogens with two attached hydrogens (primary N) is 1. The van der Waals surface area contributed by atoms with E-state index in [1.807, 2.05) is 30.3 Å². The van der Waals surface area contributed by atoms with E-state index < -0.39 is 5.91 Å². The summed E-state index contributed by atoms with van der Waals surface area (Å²) in [4.78, 5) is 26.4. The highest BCUT2D eigenvalue weighted by atomic mass is 16.5. The predicted octanol–water partition coefficient (Wildman–Crippen LogP) is 4.25. The van der Waals surface area contributed by atoms with Crippen LogP contribution in [-0.4, -0.2) is 16.7 Å². The first-order chi connectivity index (χ1) is 13.1. The molecule has 3 rings (SSSR count). The van der Waals surface area contributed by atoms with E-state index in [0.29, 0.717) is 28.3 Å². The number of benzene rings is 3. The highest BCUT2D eigenvalue weighted by Crippen LogP contribution is 2.27. The van der Waals surface area contributed by atoms with Crippen LogP contribution in [0.5, 0.6) is 11.5 Å². The molecule has 136 valence electrons. The molecule has 2 N–H and O–H groups in total. The molecule has 27 heavy (non-hydrogen) atoms. The molecule has 3 aromatic rings. The highest BCUT2D eigenvalue weighted by molar-refractivity contribution is 6.05. The van der Waals surface area contributed by atoms with Crippen LogP contribution in [0.1, 0.15) is 22.8 Å². The Kier molecular flexibility index (Phi) is 5.52. The second-order valence-electron chi connectivity index (χ2n) is 6.02. The van der Waals surface area contributed by atoms with Gasteiger partial charge in [0.1, 0.15) is 11.5 Å². The van der Waals surface area contributed by atoms with Crippen LogP contribution in [0.2, 0.25) is 0 Å². The molecule has 0 aliphatic carbocycles. The molecule has 0 heterocycles. The fraction of sp³-hybridized carbons (Fsp3) is 0.0909. The molecule has 0 aromatic heterocycles. The quantitative estimate of drug-likeness (QED) is 0.691. The lowest BCUT2D eigenvalue weighted by Gasteiger charge is -2.21. The molecule has 0 aliphatic rings. The van der Waals surface area contributed by atoms with E-state index in [4.69, 9.17) is 10.5 Å². The van der Waals surface area contributed by atoms with Gasteiger partial charge in [-0.15, -0.1) is 0 Å². The zero-order valence-corrected chi connectivity index (χ0v) is 15.0. The number of imide groups is 1. The molecule has 0 unspecified atom stereocenters. The Morgan fingerprint density at radius 1 is 0.889 bits per heavy atom. The van der Waals surface area contributed by atoms with E-state index in [1.54, 1.807) is 48.5 Å². The van der Waals surface area contributed by atoms with Crippen molar-refractivity contribution in [1.29, 1.82) is 0 Å². The number of hydrogen-bond acceptors (Lipinski definition) is 4. The Morgan fingerprint density at radius 2 is 1.52 bits per heavy atom. The molecule has 0 radical (unpaired) electrons. The molecule has 0 saturated heterocycles. The normalized spacial score (nSPS) is 10.3. The summed E-state index contributed by atoms with van der Waals surface area (Å²) < 4.78 is 5.85. The third-order valence-electron chi connectivity index (χ3n) is 4.10. The summed E-state index contributed by atoms with van der Waals surface area (Å²) in [6.07, 6.45) is 0. The van der Waals surface area contributed by atoms with E-state index in [1.165, 1.54) is 11.8 Å². The maximum absolute atomic E-state index is 13.1. The number of carbonyl (C=O) groups is 2. The Morgan fingerprint density at radius 3 is 2.22 bits per heavy atom. The Bertz CT molecular complexity index is 955. The summed E-state index contributed by atoms with van der Waals surface area (Å²) >= 11 is 0. The van der Waals surface area contributed by atoms with E-state index in [-0.39, 0.29) is 12.5 Å². The number of para-hydroxylation sites is 3. The van der Waals surface area contributed by atoms with Gasteiger partial charge in [-0.25, -0.2) is 0 Å². The van der Waals surface area contributed by atoms with Crippen molar-refractivity contribution >= 4 is 17.5 Å². The fourth-order valence-electron chi connectivity index (χ4n) is 2.67.